The highest BCUT2D eigenvalue weighted by molar-refractivity contribution is 5.90. The summed E-state index contributed by atoms with van der Waals surface area (Å²) in [5.74, 6) is 0.211. The summed E-state index contributed by atoms with van der Waals surface area (Å²) >= 11 is 0. The molecule has 9 heteroatoms. The molecule has 3 heterocycles. The average molecular weight is 525 g/mol. The first-order valence-electron chi connectivity index (χ1n) is 12.6. The van der Waals surface area contributed by atoms with Crippen molar-refractivity contribution in [1.29, 1.82) is 0 Å². The molecule has 0 fully saturated rings. The van der Waals surface area contributed by atoms with Crippen LogP contribution in [0.2, 0.25) is 0 Å². The lowest BCUT2D eigenvalue weighted by Gasteiger charge is -2.13. The molecule has 0 unspecified atom stereocenters. The lowest BCUT2D eigenvalue weighted by Crippen LogP contribution is -2.20. The first-order chi connectivity index (χ1) is 18.8. The van der Waals surface area contributed by atoms with E-state index in [1.165, 1.54) is 12.1 Å². The highest BCUT2D eigenvalue weighted by Crippen LogP contribution is 2.31. The topological polar surface area (TPSA) is 97.9 Å². The Labute approximate surface area is 227 Å². The van der Waals surface area contributed by atoms with Gasteiger partial charge < -0.3 is 15.2 Å². The van der Waals surface area contributed by atoms with Crippen LogP contribution in [0.4, 0.5) is 10.1 Å². The standard InChI is InChI=1S/C30H33FN8/c1-7-10-23(20-16-21(31)18-22(17-20)32-14-15-39(5)6)27-19(4)34-30(36-27)29-28-26(37-38-29)12-11-25(35-28)24(9-3)33-13-8-2/h7-13,16-18,32H,1-2,14-15H2,3-6H3,(H,34,36)(H,37,38)/b23-10-,24-9-,33-13-. The molecule has 0 atom stereocenters. The van der Waals surface area contributed by atoms with E-state index in [4.69, 9.17) is 9.97 Å². The normalized spacial score (nSPS) is 12.6. The second kappa shape index (κ2) is 12.3. The fourth-order valence-corrected chi connectivity index (χ4v) is 4.16. The Balaban J connectivity index is 1.74. The summed E-state index contributed by atoms with van der Waals surface area (Å²) in [5.41, 5.74) is 7.04. The molecule has 3 N–H and O–H groups in total. The van der Waals surface area contributed by atoms with Crippen molar-refractivity contribution in [2.24, 2.45) is 4.99 Å². The maximum atomic E-state index is 14.7. The van der Waals surface area contributed by atoms with Crippen molar-refractivity contribution in [2.75, 3.05) is 32.5 Å². The van der Waals surface area contributed by atoms with Gasteiger partial charge in [0, 0.05) is 36.3 Å². The van der Waals surface area contributed by atoms with Gasteiger partial charge in [0.05, 0.1) is 22.6 Å². The number of fused-ring (bicyclic) bond motifs is 1. The van der Waals surface area contributed by atoms with Crippen LogP contribution >= 0.6 is 0 Å². The first kappa shape index (κ1) is 27.4. The van der Waals surface area contributed by atoms with Crippen LogP contribution in [-0.4, -0.2) is 63.4 Å². The monoisotopic (exact) mass is 524 g/mol. The van der Waals surface area contributed by atoms with E-state index < -0.39 is 0 Å². The number of benzene rings is 1. The summed E-state index contributed by atoms with van der Waals surface area (Å²) in [5, 5.41) is 10.8. The molecule has 4 rings (SSSR count). The second-order valence-electron chi connectivity index (χ2n) is 9.19. The Kier molecular flexibility index (Phi) is 8.63. The fraction of sp³-hybridized carbons (Fsp3) is 0.200. The molecule has 0 saturated carbocycles. The molecule has 0 spiro atoms. The molecule has 0 amide bonds. The maximum Gasteiger partial charge on any atom is 0.161 e. The Hall–Kier alpha value is -4.63. The number of aliphatic imine (C=N–C) groups is 1. The van der Waals surface area contributed by atoms with Crippen molar-refractivity contribution in [3.63, 3.8) is 0 Å². The van der Waals surface area contributed by atoms with Crippen LogP contribution in [0, 0.1) is 12.7 Å². The minimum absolute atomic E-state index is 0.336. The van der Waals surface area contributed by atoms with Crippen molar-refractivity contribution in [2.45, 2.75) is 13.8 Å². The molecule has 1 aromatic carbocycles. The van der Waals surface area contributed by atoms with Gasteiger partial charge in [0.2, 0.25) is 0 Å². The number of aromatic amines is 2. The number of nitrogens with zero attached hydrogens (tertiary/aromatic N) is 5. The molecule has 0 radical (unpaired) electrons. The maximum absolute atomic E-state index is 14.7. The molecule has 8 nitrogen and oxygen atoms in total. The fourth-order valence-electron chi connectivity index (χ4n) is 4.16. The second-order valence-corrected chi connectivity index (χ2v) is 9.19. The van der Waals surface area contributed by atoms with Gasteiger partial charge in [-0.3, -0.25) is 10.1 Å². The largest absolute Gasteiger partial charge is 0.384 e. The lowest BCUT2D eigenvalue weighted by atomic mass is 10.00. The Morgan fingerprint density at radius 1 is 1.15 bits per heavy atom. The third-order valence-corrected chi connectivity index (χ3v) is 6.01. The van der Waals surface area contributed by atoms with Crippen molar-refractivity contribution in [1.82, 2.24) is 30.0 Å². The molecule has 200 valence electrons. The third-order valence-electron chi connectivity index (χ3n) is 6.01. The van der Waals surface area contributed by atoms with Crippen LogP contribution in [0.5, 0.6) is 0 Å². The molecular weight excluding hydrogens is 491 g/mol. The number of anilines is 1. The highest BCUT2D eigenvalue weighted by atomic mass is 19.1. The Bertz CT molecular complexity index is 1590. The zero-order valence-corrected chi connectivity index (χ0v) is 22.7. The zero-order chi connectivity index (χ0) is 27.9. The van der Waals surface area contributed by atoms with E-state index in [0.717, 1.165) is 29.0 Å². The van der Waals surface area contributed by atoms with E-state index in [-0.39, 0.29) is 5.82 Å². The lowest BCUT2D eigenvalue weighted by molar-refractivity contribution is 0.425. The summed E-state index contributed by atoms with van der Waals surface area (Å²) in [7, 11) is 3.99. The minimum atomic E-state index is -0.336. The summed E-state index contributed by atoms with van der Waals surface area (Å²) < 4.78 is 14.7. The van der Waals surface area contributed by atoms with E-state index in [1.54, 1.807) is 18.4 Å². The van der Waals surface area contributed by atoms with Gasteiger partial charge in [0.1, 0.15) is 11.3 Å². The van der Waals surface area contributed by atoms with Gasteiger partial charge in [0.15, 0.2) is 11.5 Å². The smallest absolute Gasteiger partial charge is 0.161 e. The molecule has 4 aromatic rings. The van der Waals surface area contributed by atoms with Gasteiger partial charge in [-0.15, -0.1) is 0 Å². The third kappa shape index (κ3) is 6.27. The number of aryl methyl sites for hydroxylation is 1. The summed E-state index contributed by atoms with van der Waals surface area (Å²) in [6, 6.07) is 8.71. The van der Waals surface area contributed by atoms with Crippen LogP contribution in [0.15, 0.2) is 72.8 Å². The predicted octanol–water partition coefficient (Wildman–Crippen LogP) is 6.00. The number of hydrogen-bond donors (Lipinski definition) is 3. The van der Waals surface area contributed by atoms with Gasteiger partial charge in [-0.2, -0.15) is 5.10 Å². The number of allylic oxidation sites excluding steroid dienone is 4. The number of aromatic nitrogens is 5. The van der Waals surface area contributed by atoms with E-state index in [0.29, 0.717) is 46.2 Å². The zero-order valence-electron chi connectivity index (χ0n) is 22.7. The van der Waals surface area contributed by atoms with Crippen LogP contribution in [0.1, 0.15) is 29.6 Å². The van der Waals surface area contributed by atoms with Gasteiger partial charge in [0.25, 0.3) is 0 Å². The van der Waals surface area contributed by atoms with Crippen LogP contribution < -0.4 is 5.32 Å². The van der Waals surface area contributed by atoms with E-state index in [9.17, 15) is 4.39 Å². The van der Waals surface area contributed by atoms with Crippen molar-refractivity contribution < 1.29 is 4.39 Å². The quantitative estimate of drug-likeness (QED) is 0.165. The average Bonchev–Trinajstić information content (AvgIpc) is 3.50. The molecule has 0 aliphatic heterocycles. The van der Waals surface area contributed by atoms with Crippen LogP contribution in [0.3, 0.4) is 0 Å². The SMILES string of the molecule is C=C/C=N\C(=C/C)c1ccc2[nH]nc(-c3nc(/C(=C\C=C)c4cc(F)cc(NCCN(C)C)c4)c(C)[nH]3)c2n1. The Morgan fingerprint density at radius 3 is 2.69 bits per heavy atom. The molecule has 0 saturated heterocycles. The molecular formula is C30H33FN8. The van der Waals surface area contributed by atoms with Crippen molar-refractivity contribution in [3.8, 4) is 11.5 Å². The van der Waals surface area contributed by atoms with Gasteiger partial charge >= 0.3 is 0 Å². The van der Waals surface area contributed by atoms with Gasteiger partial charge in [-0.25, -0.2) is 14.4 Å². The highest BCUT2D eigenvalue weighted by Gasteiger charge is 2.19. The minimum Gasteiger partial charge on any atom is -0.384 e. The summed E-state index contributed by atoms with van der Waals surface area (Å²) in [6.45, 7) is 12.9. The van der Waals surface area contributed by atoms with Gasteiger partial charge in [-0.05, 0) is 63.8 Å². The van der Waals surface area contributed by atoms with E-state index in [2.05, 4.69) is 43.5 Å². The van der Waals surface area contributed by atoms with Crippen LogP contribution in [-0.2, 0) is 0 Å². The molecule has 39 heavy (non-hydrogen) atoms. The van der Waals surface area contributed by atoms with Crippen LogP contribution in [0.25, 0.3) is 33.8 Å². The van der Waals surface area contributed by atoms with E-state index >= 15 is 0 Å². The number of nitrogens with one attached hydrogen (secondary N) is 3. The molecule has 3 aromatic heterocycles. The predicted molar refractivity (Wildman–Crippen MR) is 159 cm³/mol. The van der Waals surface area contributed by atoms with Crippen molar-refractivity contribution in [3.05, 3.63) is 96.3 Å². The number of likely N-dealkylation sites (N-methyl/N-ethyl adjacent to an activating group) is 1. The Morgan fingerprint density at radius 2 is 1.97 bits per heavy atom. The summed E-state index contributed by atoms with van der Waals surface area (Å²) in [6.07, 6.45) is 8.64. The number of imidazole rings is 1. The first-order valence-corrected chi connectivity index (χ1v) is 12.6. The van der Waals surface area contributed by atoms with Crippen molar-refractivity contribution >= 4 is 34.2 Å². The number of pyridine rings is 1. The van der Waals surface area contributed by atoms with Gasteiger partial charge in [-0.1, -0.05) is 37.5 Å². The number of rotatable bonds is 11. The number of halogens is 1. The molecule has 0 aliphatic rings. The molecule has 0 aliphatic carbocycles. The number of H-pyrrole nitrogens is 2. The molecule has 0 bridgehead atoms. The summed E-state index contributed by atoms with van der Waals surface area (Å²) in [4.78, 5) is 19.5. The van der Waals surface area contributed by atoms with E-state index in [1.807, 2.05) is 58.3 Å². The number of hydrogen-bond acceptors (Lipinski definition) is 6.